The van der Waals surface area contributed by atoms with Crippen molar-refractivity contribution in [2.45, 2.75) is 414 Å². The molecule has 0 aromatic heterocycles. The predicted molar refractivity (Wildman–Crippen MR) is 539 cm³/mol. The number of carbonyl (C=O) groups excluding carboxylic acids is 4. The van der Waals surface area contributed by atoms with E-state index in [1.165, 1.54) is 104 Å². The highest BCUT2D eigenvalue weighted by Gasteiger charge is 2.60. The van der Waals surface area contributed by atoms with Crippen LogP contribution < -0.4 is 0 Å². The minimum atomic E-state index is -2.61. The smallest absolute Gasteiger partial charge is 0.334 e. The molecule has 0 saturated carbocycles. The Morgan fingerprint density at radius 1 is 0.261 bits per heavy atom. The summed E-state index contributed by atoms with van der Waals surface area (Å²) in [4.78, 5) is 113. The summed E-state index contributed by atoms with van der Waals surface area (Å²) in [7, 11) is -7.71. The van der Waals surface area contributed by atoms with E-state index in [2.05, 4.69) is 130 Å². The Labute approximate surface area is 810 Å². The van der Waals surface area contributed by atoms with Gasteiger partial charge in [0, 0.05) is 25.7 Å². The quantitative estimate of drug-likeness (QED) is 0.00845. The molecule has 0 aliphatic rings. The third-order valence-corrected chi connectivity index (χ3v) is 27.1. The Kier molecular flexibility index (Phi) is 55.7. The van der Waals surface area contributed by atoms with E-state index in [0.29, 0.717) is 61.2 Å². The van der Waals surface area contributed by atoms with Gasteiger partial charge >= 0.3 is 58.3 Å². The fraction of sp³-hybridized carbons (Fsp3) is 0.731. The van der Waals surface area contributed by atoms with E-state index in [0.717, 1.165) is 105 Å². The van der Waals surface area contributed by atoms with Gasteiger partial charge in [0.25, 0.3) is 0 Å². The molecule has 772 valence electrons. The van der Waals surface area contributed by atoms with Crippen LogP contribution >= 0.6 is 34.4 Å². The van der Waals surface area contributed by atoms with Gasteiger partial charge in [-0.05, 0) is 171 Å². The zero-order chi connectivity index (χ0) is 103. The highest BCUT2D eigenvalue weighted by molar-refractivity contribution is 7.53. The van der Waals surface area contributed by atoms with Gasteiger partial charge in [0.2, 0.25) is 0 Å². The average Bonchev–Trinajstić information content (AvgIpc) is 0.697. The first-order valence-electron chi connectivity index (χ1n) is 48.2. The first kappa shape index (κ1) is 128. The molecule has 0 aliphatic heterocycles. The van der Waals surface area contributed by atoms with Crippen LogP contribution in [0.4, 0.5) is 0 Å². The Bertz CT molecular complexity index is 3710. The molecule has 0 fully saturated rings. The molecule has 134 heavy (non-hydrogen) atoms. The number of esters is 4. The molecule has 0 radical (unpaired) electrons. The molecule has 16 N–H and O–H groups in total. The van der Waals surface area contributed by atoms with Crippen molar-refractivity contribution in [1.82, 2.24) is 0 Å². The lowest BCUT2D eigenvalue weighted by molar-refractivity contribution is -0.144. The van der Waals surface area contributed by atoms with E-state index >= 15 is 0 Å². The topological polar surface area (TPSA) is 447 Å². The molecule has 0 atom stereocenters. The van der Waals surface area contributed by atoms with E-state index in [-0.39, 0.29) is 49.6 Å². The number of hydrogen-bond donors (Lipinski definition) is 16. The monoisotopic (exact) mass is 1970 g/mol. The van der Waals surface area contributed by atoms with Gasteiger partial charge in [0.05, 0.1) is 77.9 Å². The van der Waals surface area contributed by atoms with E-state index in [9.17, 15) is 60.0 Å². The second-order valence-electron chi connectivity index (χ2n) is 44.3. The highest BCUT2D eigenvalue weighted by atomic mass is 31.2. The molecule has 0 aliphatic carbocycles. The highest BCUT2D eigenvalue weighted by Crippen LogP contribution is 2.59. The van der Waals surface area contributed by atoms with Crippen LogP contribution in [0.25, 0.3) is 0 Å². The van der Waals surface area contributed by atoms with Crippen LogP contribution in [0.15, 0.2) is 48.5 Å². The van der Waals surface area contributed by atoms with Gasteiger partial charge in [-0.1, -0.05) is 344 Å². The first-order valence-corrected chi connectivity index (χ1v) is 52.8. The Hall–Kier alpha value is -4.24. The standard InChI is InChI=1S/C63H108O8.C41H64O8.2H4O5P2/c1-15-17-19-21-23-25-27-29-31-33-39-70-54(67)37-35-48-41-50(58(3,4)5)56(51(42-48)59(6,7)8)63(69,62(45-64,46-65)47-66)57-52(60(9,10)11)43-49(44-53(57)61(12,13)14)36-38-55(68)71-40-34-32-30-28-26-24-22-20-18-16-2;1-36(2,3)28-19-26(15-17-32(45)48-13)20-29(37(4,5)6)34(28)41(47,40(23-42,24-43)25-44)35-30(38(7,8)9)21-27(16-18-33(46)49-14)22-31(35)39(10,11)12;2*1-6(2)5-7(3)4/h41-44,64-66,69H,15-40,45-47H2,1-14H3;19-22,42-44,47H,15-18,23-25H2,1-14H3;2*1-4H. The molecule has 4 rings (SSSR count). The van der Waals surface area contributed by atoms with E-state index < -0.39 is 139 Å². The lowest BCUT2D eigenvalue weighted by atomic mass is 9.56. The van der Waals surface area contributed by atoms with Crippen molar-refractivity contribution in [2.75, 3.05) is 67.1 Å². The summed E-state index contributed by atoms with van der Waals surface area (Å²) >= 11 is 0. The maximum absolute atomic E-state index is 14.5. The molecule has 0 heterocycles. The molecule has 0 spiro atoms. The number of aliphatic hydroxyl groups is 8. The largest absolute Gasteiger partial charge is 0.469 e. The summed E-state index contributed by atoms with van der Waals surface area (Å²) in [6.07, 6.45) is 26.7. The van der Waals surface area contributed by atoms with Gasteiger partial charge in [-0.3, -0.25) is 19.2 Å². The minimum absolute atomic E-state index is 0.177. The molecule has 0 unspecified atom stereocenters. The van der Waals surface area contributed by atoms with Crippen LogP contribution in [0.5, 0.6) is 0 Å². The summed E-state index contributed by atoms with van der Waals surface area (Å²) in [6.45, 7) is 50.7. The fourth-order valence-corrected chi connectivity index (χ4v) is 18.0. The molecule has 26 nitrogen and oxygen atoms in total. The molecular weight excluding hydrogens is 1790 g/mol. The Morgan fingerprint density at radius 3 is 0.552 bits per heavy atom. The maximum atomic E-state index is 14.5. The van der Waals surface area contributed by atoms with Crippen LogP contribution in [0, 0.1) is 10.8 Å². The normalized spacial score (nSPS) is 13.0. The minimum Gasteiger partial charge on any atom is -0.469 e. The summed E-state index contributed by atoms with van der Waals surface area (Å²) in [6, 6.07) is 16.3. The lowest BCUT2D eigenvalue weighted by Crippen LogP contribution is -2.57. The van der Waals surface area contributed by atoms with Gasteiger partial charge in [-0.15, -0.1) is 0 Å². The lowest BCUT2D eigenvalue weighted by Gasteiger charge is -2.52. The summed E-state index contributed by atoms with van der Waals surface area (Å²) in [5.41, 5.74) is -0.545. The number of aliphatic hydroxyl groups excluding tert-OH is 6. The van der Waals surface area contributed by atoms with E-state index in [4.69, 9.17) is 58.1 Å². The van der Waals surface area contributed by atoms with Crippen LogP contribution in [0.2, 0.25) is 0 Å². The molecule has 0 amide bonds. The van der Waals surface area contributed by atoms with Crippen LogP contribution in [-0.2, 0) is 127 Å². The number of unbranched alkanes of at least 4 members (excludes halogenated alkanes) is 18. The van der Waals surface area contributed by atoms with Crippen molar-refractivity contribution >= 4 is 58.3 Å². The van der Waals surface area contributed by atoms with Crippen molar-refractivity contribution in [3.63, 3.8) is 0 Å². The molecule has 0 bridgehead atoms. The Balaban J connectivity index is 0.00000122. The zero-order valence-electron chi connectivity index (χ0n) is 87.1. The summed E-state index contributed by atoms with van der Waals surface area (Å²) in [5, 5.41) is 97.2. The number of ether oxygens (including phenoxy) is 4. The Morgan fingerprint density at radius 2 is 0.418 bits per heavy atom. The van der Waals surface area contributed by atoms with Gasteiger partial charge in [0.1, 0.15) is 11.2 Å². The molecular formula is C104H180O26P4. The van der Waals surface area contributed by atoms with Crippen molar-refractivity contribution in [3.05, 3.63) is 138 Å². The van der Waals surface area contributed by atoms with Crippen molar-refractivity contribution in [3.8, 4) is 0 Å². The van der Waals surface area contributed by atoms with Crippen LogP contribution in [0.3, 0.4) is 0 Å². The second-order valence-corrected chi connectivity index (χ2v) is 47.7. The van der Waals surface area contributed by atoms with Crippen molar-refractivity contribution in [2.24, 2.45) is 10.8 Å². The molecule has 4 aromatic rings. The van der Waals surface area contributed by atoms with Crippen molar-refractivity contribution < 1.29 is 127 Å². The molecule has 30 heteroatoms. The average molecular weight is 1970 g/mol. The predicted octanol–water partition coefficient (Wildman–Crippen LogP) is 20.0. The second kappa shape index (κ2) is 58.4. The first-order chi connectivity index (χ1) is 61.8. The number of rotatable bonds is 50. The van der Waals surface area contributed by atoms with Gasteiger partial charge in [0.15, 0.2) is 0 Å². The van der Waals surface area contributed by atoms with Crippen molar-refractivity contribution in [1.29, 1.82) is 0 Å². The molecule has 4 aromatic carbocycles. The number of benzene rings is 4. The summed E-state index contributed by atoms with van der Waals surface area (Å²) in [5.74, 6) is -1.12. The third-order valence-electron chi connectivity index (χ3n) is 24.8. The van der Waals surface area contributed by atoms with Crippen LogP contribution in [-0.4, -0.2) is 171 Å². The number of methoxy groups -OCH3 is 2. The van der Waals surface area contributed by atoms with Gasteiger partial charge in [-0.2, -0.15) is 0 Å². The van der Waals surface area contributed by atoms with Crippen LogP contribution in [0.1, 0.15) is 423 Å². The number of carbonyl (C=O) groups is 4. The van der Waals surface area contributed by atoms with E-state index in [1.54, 1.807) is 0 Å². The SMILES string of the molecule is CCCCCCCCCCCCOC(=O)CCc1cc(C(C)(C)C)c(C(O)(c2c(C(C)(C)C)cc(CCC(=O)OCCCCCCCCCCCC)cc2C(C)(C)C)C(CO)(CO)CO)c(C(C)(C)C)c1.COC(=O)CCc1cc(C(C)(C)C)c(C(O)(c2c(C(C)(C)C)cc(CCC(=O)OC)cc2C(C)(C)C)C(CO)(CO)CO)c(C(C)(C)C)c1.OP(O)OP(O)O.OP(O)OP(O)O. The summed E-state index contributed by atoms with van der Waals surface area (Å²) < 4.78 is 28.6. The third kappa shape index (κ3) is 40.3. The van der Waals surface area contributed by atoms with Gasteiger partial charge < -0.3 is 98.9 Å². The number of hydrogen-bond acceptors (Lipinski definition) is 26. The fourth-order valence-electron chi connectivity index (χ4n) is 17.0. The molecule has 0 saturated heterocycles. The van der Waals surface area contributed by atoms with E-state index in [1.807, 2.05) is 107 Å². The number of aryl methyl sites for hydroxylation is 4. The zero-order valence-corrected chi connectivity index (χ0v) is 90.7. The maximum Gasteiger partial charge on any atom is 0.334 e. The van der Waals surface area contributed by atoms with Gasteiger partial charge in [-0.25, -0.2) is 8.62 Å².